The van der Waals surface area contributed by atoms with Crippen molar-refractivity contribution in [2.24, 2.45) is 34.5 Å². The average Bonchev–Trinajstić information content (AvgIpc) is 2.97. The van der Waals surface area contributed by atoms with Crippen molar-refractivity contribution < 1.29 is 19.1 Å². The Bertz CT molecular complexity index is 707. The Kier molecular flexibility index (Phi) is 4.59. The predicted molar refractivity (Wildman–Crippen MR) is 102 cm³/mol. The van der Waals surface area contributed by atoms with Crippen molar-refractivity contribution in [1.29, 1.82) is 0 Å². The molecule has 0 bridgehead atoms. The van der Waals surface area contributed by atoms with Crippen LogP contribution in [0.4, 0.5) is 0 Å². The smallest absolute Gasteiger partial charge is 0.303 e. The van der Waals surface area contributed by atoms with Crippen LogP contribution in [0.15, 0.2) is 11.6 Å². The number of carbonyl (C=O) groups excluding carboxylic acids is 3. The van der Waals surface area contributed by atoms with Crippen LogP contribution in [0.3, 0.4) is 0 Å². The zero-order valence-corrected chi connectivity index (χ0v) is 16.9. The summed E-state index contributed by atoms with van der Waals surface area (Å²) in [6, 6.07) is 0. The second-order valence-electron chi connectivity index (χ2n) is 9.89. The Hall–Kier alpha value is -1.45. The van der Waals surface area contributed by atoms with Crippen LogP contribution in [0.2, 0.25) is 0 Å². The van der Waals surface area contributed by atoms with E-state index >= 15 is 0 Å². The van der Waals surface area contributed by atoms with Gasteiger partial charge >= 0.3 is 5.97 Å². The molecule has 0 saturated heterocycles. The number of fused-ring (bicyclic) bond motifs is 5. The molecular weight excluding hydrogens is 340 g/mol. The van der Waals surface area contributed by atoms with Crippen molar-refractivity contribution >= 4 is 17.5 Å². The minimum absolute atomic E-state index is 0.0282. The highest BCUT2D eigenvalue weighted by Gasteiger charge is 2.60. The van der Waals surface area contributed by atoms with Gasteiger partial charge in [0.05, 0.1) is 0 Å². The molecule has 4 rings (SSSR count). The van der Waals surface area contributed by atoms with Gasteiger partial charge in [-0.15, -0.1) is 0 Å². The molecule has 4 nitrogen and oxygen atoms in total. The van der Waals surface area contributed by atoms with Crippen LogP contribution in [0.1, 0.15) is 72.1 Å². The maximum Gasteiger partial charge on any atom is 0.303 e. The van der Waals surface area contributed by atoms with E-state index in [1.165, 1.54) is 12.5 Å². The van der Waals surface area contributed by atoms with Crippen LogP contribution in [0, 0.1) is 34.5 Å². The molecular formula is C23H32O4. The van der Waals surface area contributed by atoms with Crippen LogP contribution in [-0.4, -0.2) is 24.1 Å². The number of hydrogen-bond acceptors (Lipinski definition) is 4. The average molecular weight is 373 g/mol. The Morgan fingerprint density at radius 2 is 1.85 bits per heavy atom. The predicted octanol–water partition coefficient (Wildman–Crippen LogP) is 4.27. The summed E-state index contributed by atoms with van der Waals surface area (Å²) in [7, 11) is 0. The lowest BCUT2D eigenvalue weighted by atomic mass is 9.46. The molecule has 0 aromatic rings. The first-order valence-corrected chi connectivity index (χ1v) is 10.7. The van der Waals surface area contributed by atoms with Gasteiger partial charge in [-0.05, 0) is 79.6 Å². The molecule has 3 fully saturated rings. The lowest BCUT2D eigenvalue weighted by Gasteiger charge is -2.58. The highest BCUT2D eigenvalue weighted by atomic mass is 16.5. The first kappa shape index (κ1) is 18.9. The summed E-state index contributed by atoms with van der Waals surface area (Å²) in [5.41, 5.74) is 1.61. The number of Topliss-reactive ketones (excluding diaryl/α,β-unsaturated/α-hetero) is 1. The number of carbonyl (C=O) groups is 3. The minimum atomic E-state index is -0.377. The Morgan fingerprint density at radius 1 is 1.07 bits per heavy atom. The fourth-order valence-electron chi connectivity index (χ4n) is 7.36. The number of ether oxygens (including phenoxy) is 1. The molecule has 148 valence electrons. The molecule has 0 unspecified atom stereocenters. The summed E-state index contributed by atoms with van der Waals surface area (Å²) >= 11 is 0. The van der Waals surface area contributed by atoms with Crippen molar-refractivity contribution in [3.63, 3.8) is 0 Å². The van der Waals surface area contributed by atoms with Gasteiger partial charge in [0.15, 0.2) is 11.6 Å². The summed E-state index contributed by atoms with van der Waals surface area (Å²) in [5.74, 6) is 1.95. The van der Waals surface area contributed by atoms with E-state index in [-0.39, 0.29) is 35.1 Å². The van der Waals surface area contributed by atoms with Crippen LogP contribution < -0.4 is 0 Å². The molecule has 0 amide bonds. The molecule has 0 aliphatic heterocycles. The van der Waals surface area contributed by atoms with Gasteiger partial charge in [-0.3, -0.25) is 14.4 Å². The molecule has 0 aromatic carbocycles. The molecule has 3 saturated carbocycles. The summed E-state index contributed by atoms with van der Waals surface area (Å²) in [6.07, 6.45) is 10.1. The lowest BCUT2D eigenvalue weighted by molar-refractivity contribution is -0.149. The molecule has 0 aromatic heterocycles. The number of rotatable bonds is 3. The molecule has 4 aliphatic carbocycles. The molecule has 0 radical (unpaired) electrons. The summed E-state index contributed by atoms with van der Waals surface area (Å²) in [5, 5.41) is 0. The first-order valence-electron chi connectivity index (χ1n) is 10.7. The maximum absolute atomic E-state index is 12.8. The minimum Gasteiger partial charge on any atom is -0.458 e. The third kappa shape index (κ3) is 2.91. The van der Waals surface area contributed by atoms with Gasteiger partial charge < -0.3 is 4.74 Å². The first-order chi connectivity index (χ1) is 12.8. The van der Waals surface area contributed by atoms with E-state index in [9.17, 15) is 14.4 Å². The monoisotopic (exact) mass is 372 g/mol. The highest BCUT2D eigenvalue weighted by molar-refractivity contribution is 5.91. The Labute approximate surface area is 162 Å². The largest absolute Gasteiger partial charge is 0.458 e. The van der Waals surface area contributed by atoms with Gasteiger partial charge in [-0.25, -0.2) is 0 Å². The van der Waals surface area contributed by atoms with Gasteiger partial charge in [-0.2, -0.15) is 0 Å². The zero-order valence-electron chi connectivity index (χ0n) is 16.9. The van der Waals surface area contributed by atoms with Crippen molar-refractivity contribution in [3.05, 3.63) is 11.6 Å². The van der Waals surface area contributed by atoms with Crippen LogP contribution >= 0.6 is 0 Å². The quantitative estimate of drug-likeness (QED) is 0.694. The molecule has 4 heteroatoms. The van der Waals surface area contributed by atoms with E-state index in [4.69, 9.17) is 4.74 Å². The van der Waals surface area contributed by atoms with E-state index in [0.29, 0.717) is 30.0 Å². The molecule has 27 heavy (non-hydrogen) atoms. The third-order valence-electron chi connectivity index (χ3n) is 8.77. The van der Waals surface area contributed by atoms with Gasteiger partial charge in [0.2, 0.25) is 0 Å². The van der Waals surface area contributed by atoms with E-state index in [1.54, 1.807) is 0 Å². The van der Waals surface area contributed by atoms with Gasteiger partial charge in [-0.1, -0.05) is 19.4 Å². The second-order valence-corrected chi connectivity index (χ2v) is 9.89. The van der Waals surface area contributed by atoms with E-state index in [2.05, 4.69) is 13.8 Å². The topological polar surface area (TPSA) is 60.4 Å². The molecule has 0 spiro atoms. The molecule has 4 aliphatic rings. The number of ketones is 2. The van der Waals surface area contributed by atoms with Gasteiger partial charge in [0.1, 0.15) is 6.61 Å². The summed E-state index contributed by atoms with van der Waals surface area (Å²) in [4.78, 5) is 35.8. The van der Waals surface area contributed by atoms with Gasteiger partial charge in [0.25, 0.3) is 0 Å². The van der Waals surface area contributed by atoms with Crippen molar-refractivity contribution in [2.75, 3.05) is 6.61 Å². The van der Waals surface area contributed by atoms with Crippen molar-refractivity contribution in [3.8, 4) is 0 Å². The number of allylic oxidation sites excluding steroid dienone is 1. The second kappa shape index (κ2) is 6.56. The normalized spacial score (nSPS) is 43.2. The fourth-order valence-corrected chi connectivity index (χ4v) is 7.36. The van der Waals surface area contributed by atoms with Crippen LogP contribution in [0.25, 0.3) is 0 Å². The highest BCUT2D eigenvalue weighted by Crippen LogP contribution is 2.66. The molecule has 0 N–H and O–H groups in total. The zero-order chi connectivity index (χ0) is 19.4. The van der Waals surface area contributed by atoms with E-state index in [1.807, 2.05) is 6.08 Å². The lowest BCUT2D eigenvalue weighted by Crippen LogP contribution is -2.51. The third-order valence-corrected chi connectivity index (χ3v) is 8.77. The number of esters is 1. The van der Waals surface area contributed by atoms with E-state index < -0.39 is 0 Å². The van der Waals surface area contributed by atoms with E-state index in [0.717, 1.165) is 44.9 Å². The fraction of sp³-hybridized carbons (Fsp3) is 0.783. The SMILES string of the molecule is CC(=O)OCC(=O)[C@H]1CC[C@@H]2[C@H]3CCC4=CC(=O)CC[C@]4(C)[C@@H]3CC[C@]12C. The van der Waals surface area contributed by atoms with Crippen LogP contribution in [0.5, 0.6) is 0 Å². The van der Waals surface area contributed by atoms with Gasteiger partial charge in [0, 0.05) is 19.3 Å². The Balaban J connectivity index is 1.56. The summed E-state index contributed by atoms with van der Waals surface area (Å²) in [6.45, 7) is 6.00. The summed E-state index contributed by atoms with van der Waals surface area (Å²) < 4.78 is 5.02. The van der Waals surface area contributed by atoms with Crippen molar-refractivity contribution in [1.82, 2.24) is 0 Å². The number of hydrogen-bond donors (Lipinski definition) is 0. The molecule has 6 atom stereocenters. The van der Waals surface area contributed by atoms with Crippen LogP contribution in [-0.2, 0) is 19.1 Å². The molecule has 0 heterocycles. The Morgan fingerprint density at radius 3 is 2.59 bits per heavy atom. The standard InChI is InChI=1S/C23H32O4/c1-14(24)27-13-21(26)20-7-6-18-17-5-4-15-12-16(25)8-10-22(15,2)19(17)9-11-23(18,20)3/h12,17-20H,4-11,13H2,1-3H3/t17-,18-,19-,20-,22+,23+/m1/s1. The maximum atomic E-state index is 12.8. The van der Waals surface area contributed by atoms with Crippen molar-refractivity contribution in [2.45, 2.75) is 72.1 Å².